The van der Waals surface area contributed by atoms with Crippen LogP contribution in [0.1, 0.15) is 0 Å². The van der Waals surface area contributed by atoms with Gasteiger partial charge in [-0.05, 0) is 0 Å². The number of hydrogen-bond donors (Lipinski definition) is 0. The lowest BCUT2D eigenvalue weighted by molar-refractivity contribution is -0.137. The maximum Gasteiger partial charge on any atom is 0.300 e. The van der Waals surface area contributed by atoms with Crippen molar-refractivity contribution in [3.63, 3.8) is 0 Å². The molecule has 0 aliphatic rings. The molecule has 0 aromatic rings. The van der Waals surface area contributed by atoms with Crippen molar-refractivity contribution in [1.29, 1.82) is 0 Å². The molecule has 0 spiro atoms. The Balaban J connectivity index is 5.34. The van der Waals surface area contributed by atoms with Gasteiger partial charge in [0.05, 0.1) is 0 Å². The average Bonchev–Trinajstić information content (AvgIpc) is 2.14. The molecule has 0 heterocycles. The number of halogens is 12. The van der Waals surface area contributed by atoms with Gasteiger partial charge in [0.25, 0.3) is 21.9 Å². The van der Waals surface area contributed by atoms with Crippen LogP contribution in [0.3, 0.4) is 0 Å². The van der Waals surface area contributed by atoms with Crippen LogP contribution in [0.4, 0.5) is 26.3 Å². The third-order valence-electron chi connectivity index (χ3n) is 1.58. The van der Waals surface area contributed by atoms with E-state index in [-0.39, 0.29) is 0 Å². The quantitative estimate of drug-likeness (QED) is 0.404. The molecular formula is C6H2Cl6F6O. The van der Waals surface area contributed by atoms with Crippen molar-refractivity contribution in [2.75, 3.05) is 0 Å². The fourth-order valence-corrected chi connectivity index (χ4v) is 1.58. The first-order valence-corrected chi connectivity index (χ1v) is 6.14. The van der Waals surface area contributed by atoms with Crippen LogP contribution in [0.5, 0.6) is 0 Å². The molecule has 0 saturated carbocycles. The van der Waals surface area contributed by atoms with Crippen LogP contribution in [-0.2, 0) is 4.74 Å². The highest BCUT2D eigenvalue weighted by atomic mass is 35.5. The van der Waals surface area contributed by atoms with E-state index in [1.54, 1.807) is 0 Å². The Morgan fingerprint density at radius 1 is 0.632 bits per heavy atom. The van der Waals surface area contributed by atoms with Gasteiger partial charge >= 0.3 is 10.3 Å². The Hall–Kier alpha value is 1.28. The number of alkyl halides is 12. The van der Waals surface area contributed by atoms with E-state index < -0.39 is 32.1 Å². The van der Waals surface area contributed by atoms with Crippen molar-refractivity contribution < 1.29 is 31.1 Å². The molecule has 0 amide bonds. The predicted octanol–water partition coefficient (Wildman–Crippen LogP) is 5.61. The van der Waals surface area contributed by atoms with Crippen molar-refractivity contribution in [1.82, 2.24) is 0 Å². The van der Waals surface area contributed by atoms with Gasteiger partial charge in [-0.2, -0.15) is 0 Å². The standard InChI is InChI=1S/C6H2Cl6F6O/c7-3(17,1(13)14)5(9,10)19-6(11,12)4(8,18)2(15)16/h1-2H. The van der Waals surface area contributed by atoms with Gasteiger partial charge in [0.2, 0.25) is 0 Å². The summed E-state index contributed by atoms with van der Waals surface area (Å²) in [6.07, 6.45) is -8.10. The van der Waals surface area contributed by atoms with Crippen LogP contribution in [0.15, 0.2) is 0 Å². The second kappa shape index (κ2) is 6.18. The Morgan fingerprint density at radius 3 is 1.00 bits per heavy atom. The average molecular weight is 417 g/mol. The second-order valence-corrected chi connectivity index (χ2v) is 6.60. The third-order valence-corrected chi connectivity index (χ3v) is 4.24. The molecule has 0 aromatic carbocycles. The lowest BCUT2D eigenvalue weighted by Crippen LogP contribution is -2.54. The van der Waals surface area contributed by atoms with E-state index in [4.69, 9.17) is 46.4 Å². The second-order valence-electron chi connectivity index (χ2n) is 2.98. The minimum absolute atomic E-state index is 3.77. The summed E-state index contributed by atoms with van der Waals surface area (Å²) in [5.41, 5.74) is 0. The van der Waals surface area contributed by atoms with E-state index >= 15 is 0 Å². The third kappa shape index (κ3) is 4.14. The molecule has 0 aliphatic carbocycles. The Kier molecular flexibility index (Phi) is 6.60. The minimum Gasteiger partial charge on any atom is -0.302 e. The lowest BCUT2D eigenvalue weighted by atomic mass is 10.3. The number of ether oxygens (including phenoxy) is 1. The Bertz CT molecular complexity index is 291. The molecule has 0 bridgehead atoms. The molecule has 2 unspecified atom stereocenters. The van der Waals surface area contributed by atoms with E-state index in [0.717, 1.165) is 0 Å². The van der Waals surface area contributed by atoms with Gasteiger partial charge < -0.3 is 4.74 Å². The van der Waals surface area contributed by atoms with Gasteiger partial charge in [-0.15, -0.1) is 0 Å². The zero-order chi connectivity index (χ0) is 15.9. The highest BCUT2D eigenvalue weighted by molar-refractivity contribution is 6.55. The zero-order valence-corrected chi connectivity index (χ0v) is 12.6. The number of hydrogen-bond acceptors (Lipinski definition) is 1. The summed E-state index contributed by atoms with van der Waals surface area (Å²) >= 11 is 29.0. The molecule has 0 radical (unpaired) electrons. The lowest BCUT2D eigenvalue weighted by Gasteiger charge is -2.38. The SMILES string of the molecule is FC(F)C(F)(Cl)C(Cl)(Cl)OC(Cl)(Cl)C(F)(Cl)C(F)F. The highest BCUT2D eigenvalue weighted by Crippen LogP contribution is 2.54. The zero-order valence-electron chi connectivity index (χ0n) is 8.10. The van der Waals surface area contributed by atoms with E-state index in [0.29, 0.717) is 0 Å². The largest absolute Gasteiger partial charge is 0.302 e. The van der Waals surface area contributed by atoms with E-state index in [1.807, 2.05) is 0 Å². The van der Waals surface area contributed by atoms with Crippen LogP contribution in [0.25, 0.3) is 0 Å². The normalized spacial score (nSPS) is 20.5. The van der Waals surface area contributed by atoms with Gasteiger partial charge in [-0.25, -0.2) is 26.3 Å². The minimum atomic E-state index is -4.33. The van der Waals surface area contributed by atoms with Gasteiger partial charge in [-0.1, -0.05) is 69.6 Å². The molecule has 0 aromatic heterocycles. The predicted molar refractivity (Wildman–Crippen MR) is 61.4 cm³/mol. The molecule has 0 rings (SSSR count). The maximum absolute atomic E-state index is 13.3. The molecule has 0 aliphatic heterocycles. The van der Waals surface area contributed by atoms with Crippen LogP contribution in [0.2, 0.25) is 0 Å². The molecule has 2 atom stereocenters. The fourth-order valence-electron chi connectivity index (χ4n) is 0.551. The van der Waals surface area contributed by atoms with E-state index in [2.05, 4.69) is 27.9 Å². The first-order chi connectivity index (χ1) is 8.09. The monoisotopic (exact) mass is 414 g/mol. The molecular weight excluding hydrogens is 415 g/mol. The first kappa shape index (κ1) is 20.3. The first-order valence-electron chi connectivity index (χ1n) is 3.87. The molecule has 0 N–H and O–H groups in total. The Morgan fingerprint density at radius 2 is 0.842 bits per heavy atom. The Labute approximate surface area is 132 Å². The van der Waals surface area contributed by atoms with Crippen molar-refractivity contribution >= 4 is 69.6 Å². The van der Waals surface area contributed by atoms with Crippen molar-refractivity contribution in [3.8, 4) is 0 Å². The van der Waals surface area contributed by atoms with E-state index in [1.165, 1.54) is 0 Å². The summed E-state index contributed by atoms with van der Waals surface area (Å²) < 4.78 is 71.6. The van der Waals surface area contributed by atoms with Crippen LogP contribution in [0, 0.1) is 0 Å². The summed E-state index contributed by atoms with van der Waals surface area (Å²) in [5.74, 6) is 0. The summed E-state index contributed by atoms with van der Waals surface area (Å²) in [7, 11) is 0. The van der Waals surface area contributed by atoms with Gasteiger partial charge in [0.15, 0.2) is 0 Å². The van der Waals surface area contributed by atoms with Crippen molar-refractivity contribution in [3.05, 3.63) is 0 Å². The molecule has 19 heavy (non-hydrogen) atoms. The summed E-state index contributed by atoms with van der Waals surface area (Å²) in [6, 6.07) is 0. The van der Waals surface area contributed by atoms with Gasteiger partial charge in [-0.3, -0.25) is 0 Å². The molecule has 1 nitrogen and oxygen atoms in total. The molecule has 0 fully saturated rings. The topological polar surface area (TPSA) is 9.23 Å². The molecule has 116 valence electrons. The smallest absolute Gasteiger partial charge is 0.300 e. The van der Waals surface area contributed by atoms with Crippen LogP contribution >= 0.6 is 69.6 Å². The number of rotatable bonds is 6. The van der Waals surface area contributed by atoms with Crippen molar-refractivity contribution in [2.45, 2.75) is 32.1 Å². The summed E-state index contributed by atoms with van der Waals surface area (Å²) in [6.45, 7) is 0. The van der Waals surface area contributed by atoms with Gasteiger partial charge in [0, 0.05) is 0 Å². The van der Waals surface area contributed by atoms with E-state index in [9.17, 15) is 26.3 Å². The van der Waals surface area contributed by atoms with Crippen molar-refractivity contribution in [2.24, 2.45) is 0 Å². The molecule has 0 saturated heterocycles. The molecule has 13 heteroatoms. The summed E-state index contributed by atoms with van der Waals surface area (Å²) in [5, 5.41) is -8.67. The maximum atomic E-state index is 13.3. The van der Waals surface area contributed by atoms with Crippen LogP contribution in [-0.4, -0.2) is 32.1 Å². The fraction of sp³-hybridized carbons (Fsp3) is 1.00. The summed E-state index contributed by atoms with van der Waals surface area (Å²) in [4.78, 5) is 0. The highest BCUT2D eigenvalue weighted by Gasteiger charge is 2.66. The van der Waals surface area contributed by atoms with Crippen LogP contribution < -0.4 is 0 Å². The van der Waals surface area contributed by atoms with Gasteiger partial charge in [0.1, 0.15) is 0 Å².